The molecule has 0 amide bonds. The summed E-state index contributed by atoms with van der Waals surface area (Å²) in [6.45, 7) is 4.71. The molecule has 2 N–H and O–H groups in total. The highest BCUT2D eigenvalue weighted by Gasteiger charge is 2.29. The molecule has 152 valence electrons. The minimum atomic E-state index is 0.103. The molecule has 9 heteroatoms. The summed E-state index contributed by atoms with van der Waals surface area (Å²) < 4.78 is 2.05. The Hall–Kier alpha value is -4.32. The van der Waals surface area contributed by atoms with Crippen LogP contribution in [0.25, 0.3) is 17.1 Å². The van der Waals surface area contributed by atoms with E-state index in [-0.39, 0.29) is 5.92 Å². The molecule has 0 unspecified atom stereocenters. The summed E-state index contributed by atoms with van der Waals surface area (Å²) in [7, 11) is 0. The minimum Gasteiger partial charge on any atom is -0.382 e. The Bertz CT molecular complexity index is 1300. The van der Waals surface area contributed by atoms with Gasteiger partial charge < -0.3 is 10.6 Å². The minimum absolute atomic E-state index is 0.103. The number of fused-ring (bicyclic) bond motifs is 3. The number of nitrogen functional groups attached to an aromatic ring is 1. The number of aryl methyl sites for hydroxylation is 1. The summed E-state index contributed by atoms with van der Waals surface area (Å²) in [6, 6.07) is 13.6. The van der Waals surface area contributed by atoms with Crippen LogP contribution < -0.4 is 10.6 Å². The summed E-state index contributed by atoms with van der Waals surface area (Å²) in [5.74, 6) is 2.90. The summed E-state index contributed by atoms with van der Waals surface area (Å²) in [4.78, 5) is 15.6. The zero-order valence-corrected chi connectivity index (χ0v) is 17.1. The molecule has 3 aromatic heterocycles. The Morgan fingerprint density at radius 3 is 2.55 bits per heavy atom. The molecule has 0 fully saturated rings. The van der Waals surface area contributed by atoms with E-state index >= 15 is 0 Å². The first-order valence-electron chi connectivity index (χ1n) is 9.84. The van der Waals surface area contributed by atoms with E-state index in [2.05, 4.69) is 42.6 Å². The van der Waals surface area contributed by atoms with Gasteiger partial charge in [0.05, 0.1) is 35.4 Å². The van der Waals surface area contributed by atoms with Crippen LogP contribution in [-0.2, 0) is 0 Å². The third-order valence-electron chi connectivity index (χ3n) is 5.34. The van der Waals surface area contributed by atoms with Crippen molar-refractivity contribution < 1.29 is 0 Å². The lowest BCUT2D eigenvalue weighted by Gasteiger charge is -2.25. The van der Waals surface area contributed by atoms with Gasteiger partial charge in [0, 0.05) is 18.2 Å². The van der Waals surface area contributed by atoms with Crippen LogP contribution in [0.2, 0.25) is 0 Å². The molecule has 31 heavy (non-hydrogen) atoms. The van der Waals surface area contributed by atoms with Gasteiger partial charge >= 0.3 is 0 Å². The standard InChI is InChI=1S/C22H19N9/c1-13-12-30(16-5-3-15(9-23)4-6-16)22-19(31-14(2)28-29-21(13)31)8-7-17(27-22)18-10-26-20(24)11-25-18/h3-8,10-11,13H,12H2,1-2H3,(H2,24,26)/t13-/m1/s1. The van der Waals surface area contributed by atoms with E-state index in [0.717, 1.165) is 28.8 Å². The SMILES string of the molecule is Cc1nnc2n1-c1ccc(-c3cnc(N)cn3)nc1N(c1ccc(C#N)cc1)C[C@H]2C. The smallest absolute Gasteiger partial charge is 0.158 e. The molecule has 0 saturated carbocycles. The van der Waals surface area contributed by atoms with Crippen LogP contribution in [-0.4, -0.2) is 36.3 Å². The van der Waals surface area contributed by atoms with E-state index < -0.39 is 0 Å². The molecular weight excluding hydrogens is 390 g/mol. The van der Waals surface area contributed by atoms with Crippen LogP contribution in [0.3, 0.4) is 0 Å². The van der Waals surface area contributed by atoms with Crippen molar-refractivity contribution in [3.05, 3.63) is 66.0 Å². The lowest BCUT2D eigenvalue weighted by atomic mass is 10.1. The predicted octanol–water partition coefficient (Wildman–Crippen LogP) is 3.14. The number of nitrogens with two attached hydrogens (primary N) is 1. The number of rotatable bonds is 2. The van der Waals surface area contributed by atoms with E-state index in [4.69, 9.17) is 10.7 Å². The molecule has 0 aliphatic carbocycles. The van der Waals surface area contributed by atoms with E-state index in [1.54, 1.807) is 6.20 Å². The summed E-state index contributed by atoms with van der Waals surface area (Å²) in [5, 5.41) is 17.9. The van der Waals surface area contributed by atoms with Gasteiger partial charge in [0.2, 0.25) is 0 Å². The molecule has 1 aliphatic heterocycles. The van der Waals surface area contributed by atoms with Gasteiger partial charge in [-0.1, -0.05) is 6.92 Å². The second-order valence-corrected chi connectivity index (χ2v) is 7.48. The van der Waals surface area contributed by atoms with Crippen LogP contribution in [0.15, 0.2) is 48.8 Å². The fourth-order valence-corrected chi connectivity index (χ4v) is 3.81. The average molecular weight is 409 g/mol. The van der Waals surface area contributed by atoms with Crippen molar-refractivity contribution >= 4 is 17.3 Å². The molecule has 5 rings (SSSR count). The summed E-state index contributed by atoms with van der Waals surface area (Å²) in [6.07, 6.45) is 3.13. The molecule has 1 atom stereocenters. The lowest BCUT2D eigenvalue weighted by Crippen LogP contribution is -2.23. The Kier molecular flexibility index (Phi) is 4.33. The third-order valence-corrected chi connectivity index (χ3v) is 5.34. The molecule has 0 saturated heterocycles. The van der Waals surface area contributed by atoms with Crippen LogP contribution in [0.5, 0.6) is 0 Å². The van der Waals surface area contributed by atoms with Crippen molar-refractivity contribution in [3.8, 4) is 23.1 Å². The van der Waals surface area contributed by atoms with Gasteiger partial charge in [-0.05, 0) is 43.3 Å². The zero-order valence-electron chi connectivity index (χ0n) is 17.1. The molecule has 0 radical (unpaired) electrons. The Balaban J connectivity index is 1.72. The lowest BCUT2D eigenvalue weighted by molar-refractivity contribution is 0.694. The van der Waals surface area contributed by atoms with Crippen molar-refractivity contribution in [2.45, 2.75) is 19.8 Å². The second-order valence-electron chi connectivity index (χ2n) is 7.48. The maximum Gasteiger partial charge on any atom is 0.158 e. The van der Waals surface area contributed by atoms with Crippen molar-refractivity contribution in [3.63, 3.8) is 0 Å². The van der Waals surface area contributed by atoms with E-state index in [9.17, 15) is 5.26 Å². The first-order valence-corrected chi connectivity index (χ1v) is 9.84. The molecule has 0 bridgehead atoms. The van der Waals surface area contributed by atoms with Gasteiger partial charge in [-0.3, -0.25) is 4.57 Å². The van der Waals surface area contributed by atoms with Crippen molar-refractivity contribution in [2.24, 2.45) is 0 Å². The fraction of sp³-hybridized carbons (Fsp3) is 0.182. The van der Waals surface area contributed by atoms with Crippen molar-refractivity contribution in [1.82, 2.24) is 29.7 Å². The van der Waals surface area contributed by atoms with Crippen molar-refractivity contribution in [1.29, 1.82) is 5.26 Å². The molecule has 9 nitrogen and oxygen atoms in total. The molecule has 1 aliphatic rings. The number of nitrogens with zero attached hydrogens (tertiary/aromatic N) is 8. The highest BCUT2D eigenvalue weighted by molar-refractivity contribution is 5.73. The highest BCUT2D eigenvalue weighted by Crippen LogP contribution is 2.38. The second kappa shape index (κ2) is 7.18. The summed E-state index contributed by atoms with van der Waals surface area (Å²) >= 11 is 0. The maximum absolute atomic E-state index is 9.17. The first kappa shape index (κ1) is 18.7. The molecular formula is C22H19N9. The highest BCUT2D eigenvalue weighted by atomic mass is 15.3. The monoisotopic (exact) mass is 409 g/mol. The zero-order chi connectivity index (χ0) is 21.5. The number of aromatic nitrogens is 6. The van der Waals surface area contributed by atoms with Crippen LogP contribution >= 0.6 is 0 Å². The van der Waals surface area contributed by atoms with Gasteiger partial charge in [0.15, 0.2) is 5.82 Å². The van der Waals surface area contributed by atoms with Gasteiger partial charge in [-0.25, -0.2) is 15.0 Å². The van der Waals surface area contributed by atoms with Gasteiger partial charge in [0.1, 0.15) is 23.2 Å². The van der Waals surface area contributed by atoms with Gasteiger partial charge in [-0.2, -0.15) is 5.26 Å². The quantitative estimate of drug-likeness (QED) is 0.536. The molecule has 4 heterocycles. The number of anilines is 3. The Morgan fingerprint density at radius 2 is 1.84 bits per heavy atom. The predicted molar refractivity (Wildman–Crippen MR) is 116 cm³/mol. The van der Waals surface area contributed by atoms with Crippen LogP contribution in [0.1, 0.15) is 30.1 Å². The Labute approximate surface area is 178 Å². The van der Waals surface area contributed by atoms with E-state index in [1.807, 2.05) is 43.3 Å². The topological polar surface area (TPSA) is 122 Å². The summed E-state index contributed by atoms with van der Waals surface area (Å²) in [5.41, 5.74) is 9.45. The van der Waals surface area contributed by atoms with E-state index in [0.29, 0.717) is 29.3 Å². The number of pyridine rings is 1. The molecule has 4 aromatic rings. The normalized spacial score (nSPS) is 15.0. The average Bonchev–Trinajstić information content (AvgIpc) is 3.13. The molecule has 1 aromatic carbocycles. The molecule has 0 spiro atoms. The van der Waals surface area contributed by atoms with Crippen LogP contribution in [0.4, 0.5) is 17.3 Å². The largest absolute Gasteiger partial charge is 0.382 e. The number of nitriles is 1. The number of benzene rings is 1. The van der Waals surface area contributed by atoms with Crippen LogP contribution in [0, 0.1) is 18.3 Å². The third kappa shape index (κ3) is 3.14. The Morgan fingerprint density at radius 1 is 1.03 bits per heavy atom. The maximum atomic E-state index is 9.17. The van der Waals surface area contributed by atoms with Gasteiger partial charge in [0.25, 0.3) is 0 Å². The fourth-order valence-electron chi connectivity index (χ4n) is 3.81. The van der Waals surface area contributed by atoms with Gasteiger partial charge in [-0.15, -0.1) is 10.2 Å². The number of hydrogen-bond donors (Lipinski definition) is 1. The van der Waals surface area contributed by atoms with Crippen molar-refractivity contribution in [2.75, 3.05) is 17.2 Å². The van der Waals surface area contributed by atoms with E-state index in [1.165, 1.54) is 6.20 Å². The number of hydrogen-bond acceptors (Lipinski definition) is 8. The first-order chi connectivity index (χ1) is 15.0.